The Labute approximate surface area is 119 Å². The molecule has 0 saturated carbocycles. The second-order valence-electron chi connectivity index (χ2n) is 4.16. The summed E-state index contributed by atoms with van der Waals surface area (Å²) in [7, 11) is 0. The van der Waals surface area contributed by atoms with Gasteiger partial charge in [0.1, 0.15) is 11.1 Å². The summed E-state index contributed by atoms with van der Waals surface area (Å²) in [5.41, 5.74) is 0.826. The van der Waals surface area contributed by atoms with Crippen molar-refractivity contribution >= 4 is 38.4 Å². The van der Waals surface area contributed by atoms with Crippen molar-refractivity contribution in [3.8, 4) is 0 Å². The van der Waals surface area contributed by atoms with E-state index < -0.39 is 12.2 Å². The van der Waals surface area contributed by atoms with Crippen LogP contribution in [-0.2, 0) is 4.79 Å². The van der Waals surface area contributed by atoms with Crippen LogP contribution >= 0.6 is 23.1 Å². The van der Waals surface area contributed by atoms with Gasteiger partial charge in [0.25, 0.3) is 0 Å². The number of rotatable bonds is 5. The summed E-state index contributed by atoms with van der Waals surface area (Å²) < 4.78 is 0.988. The summed E-state index contributed by atoms with van der Waals surface area (Å²) in [6, 6.07) is 7.61. The van der Waals surface area contributed by atoms with Crippen LogP contribution < -0.4 is 0 Å². The lowest BCUT2D eigenvalue weighted by molar-refractivity contribution is -0.109. The molecule has 0 spiro atoms. The number of thiazole rings is 1. The number of carbonyl (C=O) groups excluding carboxylic acids is 1. The SMILES string of the molecule is CC(=O)SCCC(O)C(O)c1nc2ccccc2s1. The third-order valence-corrected chi connectivity index (χ3v) is 4.60. The van der Waals surface area contributed by atoms with Crippen LogP contribution in [0.1, 0.15) is 24.5 Å². The van der Waals surface area contributed by atoms with Crippen LogP contribution in [0.25, 0.3) is 10.2 Å². The highest BCUT2D eigenvalue weighted by Crippen LogP contribution is 2.29. The van der Waals surface area contributed by atoms with Gasteiger partial charge in [0.15, 0.2) is 5.12 Å². The maximum atomic E-state index is 10.8. The highest BCUT2D eigenvalue weighted by molar-refractivity contribution is 8.13. The Balaban J connectivity index is 2.01. The molecule has 0 saturated heterocycles. The number of thioether (sulfide) groups is 1. The van der Waals surface area contributed by atoms with Crippen LogP contribution in [0.15, 0.2) is 24.3 Å². The lowest BCUT2D eigenvalue weighted by atomic mass is 10.1. The smallest absolute Gasteiger partial charge is 0.185 e. The Kier molecular flexibility index (Phi) is 4.93. The molecule has 0 aliphatic carbocycles. The van der Waals surface area contributed by atoms with E-state index >= 15 is 0 Å². The summed E-state index contributed by atoms with van der Waals surface area (Å²) in [4.78, 5) is 15.1. The lowest BCUT2D eigenvalue weighted by Crippen LogP contribution is -2.19. The van der Waals surface area contributed by atoms with Crippen LogP contribution in [0.5, 0.6) is 0 Å². The summed E-state index contributed by atoms with van der Waals surface area (Å²) in [5.74, 6) is 0.498. The fraction of sp³-hybridized carbons (Fsp3) is 0.385. The number of nitrogens with zero attached hydrogens (tertiary/aromatic N) is 1. The Morgan fingerprint density at radius 2 is 2.16 bits per heavy atom. The van der Waals surface area contributed by atoms with Crippen molar-refractivity contribution in [1.29, 1.82) is 0 Å². The fourth-order valence-electron chi connectivity index (χ4n) is 1.66. The monoisotopic (exact) mass is 297 g/mol. The number of carbonyl (C=O) groups is 1. The second-order valence-corrected chi connectivity index (χ2v) is 6.49. The van der Waals surface area contributed by atoms with Crippen LogP contribution in [0.4, 0.5) is 0 Å². The van der Waals surface area contributed by atoms with Crippen LogP contribution in [-0.4, -0.2) is 32.2 Å². The van der Waals surface area contributed by atoms with Crippen molar-refractivity contribution in [3.05, 3.63) is 29.3 Å². The first-order valence-corrected chi connectivity index (χ1v) is 7.73. The molecule has 0 bridgehead atoms. The van der Waals surface area contributed by atoms with Crippen molar-refractivity contribution < 1.29 is 15.0 Å². The van der Waals surface area contributed by atoms with Gasteiger partial charge < -0.3 is 10.2 Å². The average molecular weight is 297 g/mol. The van der Waals surface area contributed by atoms with Crippen molar-refractivity contribution in [2.45, 2.75) is 25.6 Å². The van der Waals surface area contributed by atoms with E-state index in [1.807, 2.05) is 24.3 Å². The van der Waals surface area contributed by atoms with E-state index in [9.17, 15) is 15.0 Å². The van der Waals surface area contributed by atoms with E-state index in [0.29, 0.717) is 17.2 Å². The quantitative estimate of drug-likeness (QED) is 0.886. The molecule has 2 atom stereocenters. The van der Waals surface area contributed by atoms with Crippen molar-refractivity contribution in [3.63, 3.8) is 0 Å². The molecule has 6 heteroatoms. The third kappa shape index (κ3) is 3.76. The van der Waals surface area contributed by atoms with E-state index in [4.69, 9.17) is 0 Å². The minimum atomic E-state index is -0.995. The minimum absolute atomic E-state index is 0.0154. The van der Waals surface area contributed by atoms with E-state index in [2.05, 4.69) is 4.98 Å². The third-order valence-electron chi connectivity index (χ3n) is 2.65. The van der Waals surface area contributed by atoms with Crippen LogP contribution in [0.2, 0.25) is 0 Å². The zero-order valence-electron chi connectivity index (χ0n) is 10.4. The zero-order chi connectivity index (χ0) is 13.8. The first-order chi connectivity index (χ1) is 9.08. The number of aliphatic hydroxyl groups is 2. The first kappa shape index (κ1) is 14.5. The zero-order valence-corrected chi connectivity index (χ0v) is 12.1. The molecule has 19 heavy (non-hydrogen) atoms. The summed E-state index contributed by atoms with van der Waals surface area (Å²) in [6.07, 6.45) is -1.53. The molecule has 0 aliphatic heterocycles. The molecule has 0 radical (unpaired) electrons. The lowest BCUT2D eigenvalue weighted by Gasteiger charge is -2.14. The normalized spacial score (nSPS) is 14.5. The number of para-hydroxylation sites is 1. The number of fused-ring (bicyclic) bond motifs is 1. The molecule has 102 valence electrons. The summed E-state index contributed by atoms with van der Waals surface area (Å²) in [5, 5.41) is 20.5. The van der Waals surface area contributed by atoms with Gasteiger partial charge in [-0.3, -0.25) is 4.79 Å². The molecule has 2 rings (SSSR count). The molecule has 4 nitrogen and oxygen atoms in total. The van der Waals surface area contributed by atoms with Crippen LogP contribution in [0, 0.1) is 0 Å². The molecule has 0 fully saturated rings. The molecule has 2 N–H and O–H groups in total. The highest BCUT2D eigenvalue weighted by atomic mass is 32.2. The second kappa shape index (κ2) is 6.47. The number of hydrogen-bond acceptors (Lipinski definition) is 6. The Morgan fingerprint density at radius 3 is 2.84 bits per heavy atom. The van der Waals surface area contributed by atoms with E-state index in [0.717, 1.165) is 22.0 Å². The standard InChI is InChI=1S/C13H15NO3S2/c1-8(15)18-7-6-10(16)12(17)13-14-9-4-2-3-5-11(9)19-13/h2-5,10,12,16-17H,6-7H2,1H3. The molecule has 1 aromatic heterocycles. The van der Waals surface area contributed by atoms with E-state index in [-0.39, 0.29) is 5.12 Å². The first-order valence-electron chi connectivity index (χ1n) is 5.93. The number of aliphatic hydroxyl groups excluding tert-OH is 2. The molecule has 0 aliphatic rings. The molecule has 2 aromatic rings. The minimum Gasteiger partial charge on any atom is -0.390 e. The van der Waals surface area contributed by atoms with Gasteiger partial charge in [0.05, 0.1) is 16.3 Å². The number of hydrogen-bond donors (Lipinski definition) is 2. The van der Waals surface area contributed by atoms with Gasteiger partial charge in [0.2, 0.25) is 0 Å². The fourth-order valence-corrected chi connectivity index (χ4v) is 3.32. The maximum absolute atomic E-state index is 10.8. The molecule has 1 aromatic carbocycles. The topological polar surface area (TPSA) is 70.4 Å². The van der Waals surface area contributed by atoms with Gasteiger partial charge in [0, 0.05) is 12.7 Å². The van der Waals surface area contributed by atoms with Gasteiger partial charge in [-0.1, -0.05) is 23.9 Å². The van der Waals surface area contributed by atoms with Crippen molar-refractivity contribution in [2.24, 2.45) is 0 Å². The molecular formula is C13H15NO3S2. The number of aromatic nitrogens is 1. The predicted molar refractivity (Wildman–Crippen MR) is 78.3 cm³/mol. The van der Waals surface area contributed by atoms with E-state index in [1.165, 1.54) is 18.3 Å². The molecule has 0 amide bonds. The maximum Gasteiger partial charge on any atom is 0.185 e. The van der Waals surface area contributed by atoms with E-state index in [1.54, 1.807) is 0 Å². The number of benzene rings is 1. The summed E-state index contributed by atoms with van der Waals surface area (Å²) >= 11 is 2.53. The highest BCUT2D eigenvalue weighted by Gasteiger charge is 2.21. The van der Waals surface area contributed by atoms with Gasteiger partial charge in [-0.15, -0.1) is 11.3 Å². The van der Waals surface area contributed by atoms with Gasteiger partial charge in [-0.2, -0.15) is 0 Å². The largest absolute Gasteiger partial charge is 0.390 e. The van der Waals surface area contributed by atoms with Gasteiger partial charge in [-0.25, -0.2) is 4.98 Å². The Hall–Kier alpha value is -0.950. The van der Waals surface area contributed by atoms with Crippen molar-refractivity contribution in [2.75, 3.05) is 5.75 Å². The van der Waals surface area contributed by atoms with Gasteiger partial charge in [-0.05, 0) is 18.6 Å². The average Bonchev–Trinajstić information content (AvgIpc) is 2.80. The Morgan fingerprint density at radius 1 is 1.42 bits per heavy atom. The van der Waals surface area contributed by atoms with Crippen molar-refractivity contribution in [1.82, 2.24) is 4.98 Å². The molecule has 2 unspecified atom stereocenters. The Bertz CT molecular complexity index is 537. The molecular weight excluding hydrogens is 282 g/mol. The molecule has 1 heterocycles. The van der Waals surface area contributed by atoms with Gasteiger partial charge >= 0.3 is 0 Å². The van der Waals surface area contributed by atoms with Crippen LogP contribution in [0.3, 0.4) is 0 Å². The predicted octanol–water partition coefficient (Wildman–Crippen LogP) is 2.36. The summed E-state index contributed by atoms with van der Waals surface area (Å²) in [6.45, 7) is 1.49.